The summed E-state index contributed by atoms with van der Waals surface area (Å²) in [6.07, 6.45) is 2.73. The van der Waals surface area contributed by atoms with Gasteiger partial charge in [0.15, 0.2) is 6.61 Å². The lowest BCUT2D eigenvalue weighted by Crippen LogP contribution is -2.51. The maximum Gasteiger partial charge on any atom is 0.260 e. The molecule has 2 aliphatic heterocycles. The van der Waals surface area contributed by atoms with Gasteiger partial charge < -0.3 is 14.4 Å². The molecule has 2 saturated heterocycles. The molecule has 1 unspecified atom stereocenters. The molecule has 5 heteroatoms. The Morgan fingerprint density at radius 3 is 2.65 bits per heavy atom. The number of amides is 1. The predicted octanol–water partition coefficient (Wildman–Crippen LogP) is 2.82. The smallest absolute Gasteiger partial charge is 0.260 e. The van der Waals surface area contributed by atoms with E-state index in [2.05, 4.69) is 31.7 Å². The Labute approximate surface area is 157 Å². The average molecular weight is 360 g/mol. The molecule has 5 nitrogen and oxygen atoms in total. The fourth-order valence-electron chi connectivity index (χ4n) is 3.88. The van der Waals surface area contributed by atoms with Crippen LogP contribution in [0.25, 0.3) is 0 Å². The second kappa shape index (κ2) is 8.87. The van der Waals surface area contributed by atoms with E-state index in [1.54, 1.807) is 0 Å². The van der Waals surface area contributed by atoms with Gasteiger partial charge in [-0.25, -0.2) is 0 Å². The van der Waals surface area contributed by atoms with E-state index in [0.717, 1.165) is 45.1 Å². The monoisotopic (exact) mass is 360 g/mol. The predicted molar refractivity (Wildman–Crippen MR) is 103 cm³/mol. The van der Waals surface area contributed by atoms with E-state index in [1.165, 1.54) is 24.0 Å². The lowest BCUT2D eigenvalue weighted by Gasteiger charge is -2.35. The number of benzene rings is 1. The van der Waals surface area contributed by atoms with Crippen LogP contribution in [0.1, 0.15) is 43.7 Å². The van der Waals surface area contributed by atoms with Gasteiger partial charge in [0, 0.05) is 39.3 Å². The number of rotatable bonds is 6. The van der Waals surface area contributed by atoms with Crippen molar-refractivity contribution in [1.82, 2.24) is 9.80 Å². The normalized spacial score (nSPS) is 21.4. The molecule has 3 rings (SSSR count). The molecule has 2 fully saturated rings. The number of hydrogen-bond acceptors (Lipinski definition) is 4. The van der Waals surface area contributed by atoms with Gasteiger partial charge >= 0.3 is 0 Å². The van der Waals surface area contributed by atoms with E-state index >= 15 is 0 Å². The minimum atomic E-state index is 0.0763. The summed E-state index contributed by atoms with van der Waals surface area (Å²) in [4.78, 5) is 16.8. The van der Waals surface area contributed by atoms with Crippen LogP contribution in [0.15, 0.2) is 18.2 Å². The number of ether oxygens (including phenoxy) is 2. The molecule has 144 valence electrons. The zero-order chi connectivity index (χ0) is 18.5. The van der Waals surface area contributed by atoms with Gasteiger partial charge in [0.1, 0.15) is 5.75 Å². The highest BCUT2D eigenvalue weighted by atomic mass is 16.5. The minimum absolute atomic E-state index is 0.0763. The van der Waals surface area contributed by atoms with Crippen LogP contribution in [-0.4, -0.2) is 67.7 Å². The Bertz CT molecular complexity index is 603. The van der Waals surface area contributed by atoms with E-state index in [0.29, 0.717) is 12.0 Å². The van der Waals surface area contributed by atoms with Crippen LogP contribution >= 0.6 is 0 Å². The summed E-state index contributed by atoms with van der Waals surface area (Å²) in [5.74, 6) is 1.35. The van der Waals surface area contributed by atoms with Crippen LogP contribution in [0, 0.1) is 6.92 Å². The number of hydrogen-bond donors (Lipinski definition) is 0. The maximum absolute atomic E-state index is 12.4. The first kappa shape index (κ1) is 19.2. The Morgan fingerprint density at radius 1 is 1.27 bits per heavy atom. The van der Waals surface area contributed by atoms with E-state index in [9.17, 15) is 4.79 Å². The van der Waals surface area contributed by atoms with Crippen LogP contribution in [0.5, 0.6) is 5.75 Å². The van der Waals surface area contributed by atoms with Gasteiger partial charge in [-0.1, -0.05) is 19.9 Å². The summed E-state index contributed by atoms with van der Waals surface area (Å²) in [5, 5.41) is 0. The van der Waals surface area contributed by atoms with Gasteiger partial charge in [-0.3, -0.25) is 9.69 Å². The fraction of sp³-hybridized carbons (Fsp3) is 0.667. The molecule has 1 aromatic rings. The first-order valence-electron chi connectivity index (χ1n) is 9.88. The topological polar surface area (TPSA) is 42.0 Å². The Hall–Kier alpha value is -1.59. The zero-order valence-electron chi connectivity index (χ0n) is 16.4. The van der Waals surface area contributed by atoms with Crippen LogP contribution in [0.2, 0.25) is 0 Å². The molecule has 2 aliphatic rings. The summed E-state index contributed by atoms with van der Waals surface area (Å²) < 4.78 is 11.5. The van der Waals surface area contributed by atoms with Crippen molar-refractivity contribution in [3.63, 3.8) is 0 Å². The van der Waals surface area contributed by atoms with Crippen molar-refractivity contribution in [3.05, 3.63) is 29.3 Å². The molecule has 0 aromatic heterocycles. The third-order valence-corrected chi connectivity index (χ3v) is 5.44. The molecule has 1 aromatic carbocycles. The van der Waals surface area contributed by atoms with Crippen LogP contribution in [0.4, 0.5) is 0 Å². The second-order valence-electron chi connectivity index (χ2n) is 7.78. The van der Waals surface area contributed by atoms with Crippen molar-refractivity contribution in [3.8, 4) is 5.75 Å². The number of carbonyl (C=O) groups is 1. The fourth-order valence-corrected chi connectivity index (χ4v) is 3.88. The van der Waals surface area contributed by atoms with Crippen LogP contribution in [0.3, 0.4) is 0 Å². The van der Waals surface area contributed by atoms with Crippen LogP contribution in [-0.2, 0) is 9.53 Å². The summed E-state index contributed by atoms with van der Waals surface area (Å²) in [6, 6.07) is 6.10. The number of piperazine rings is 1. The molecule has 26 heavy (non-hydrogen) atoms. The van der Waals surface area contributed by atoms with E-state index in [4.69, 9.17) is 9.47 Å². The Balaban J connectivity index is 1.42. The van der Waals surface area contributed by atoms with Gasteiger partial charge in [-0.05, 0) is 48.9 Å². The lowest BCUT2D eigenvalue weighted by molar-refractivity contribution is -0.135. The SMILES string of the molecule is Cc1cc(OCC(=O)N2CCN(CC3CCCO3)CC2)ccc1C(C)C. The highest BCUT2D eigenvalue weighted by Gasteiger charge is 2.25. The maximum atomic E-state index is 12.4. The summed E-state index contributed by atoms with van der Waals surface area (Å²) in [7, 11) is 0. The largest absolute Gasteiger partial charge is 0.484 e. The first-order chi connectivity index (χ1) is 12.5. The Kier molecular flexibility index (Phi) is 6.54. The average Bonchev–Trinajstić information content (AvgIpc) is 3.13. The van der Waals surface area contributed by atoms with Crippen molar-refractivity contribution in [2.24, 2.45) is 0 Å². The third-order valence-electron chi connectivity index (χ3n) is 5.44. The van der Waals surface area contributed by atoms with Gasteiger partial charge in [0.25, 0.3) is 5.91 Å². The highest BCUT2D eigenvalue weighted by Crippen LogP contribution is 2.23. The summed E-state index contributed by atoms with van der Waals surface area (Å²) in [5.41, 5.74) is 2.54. The van der Waals surface area contributed by atoms with E-state index in [-0.39, 0.29) is 12.5 Å². The molecule has 2 heterocycles. The van der Waals surface area contributed by atoms with Gasteiger partial charge in [-0.2, -0.15) is 0 Å². The molecule has 0 radical (unpaired) electrons. The summed E-state index contributed by atoms with van der Waals surface area (Å²) in [6.45, 7) is 11.9. The van der Waals surface area contributed by atoms with Crippen molar-refractivity contribution >= 4 is 5.91 Å². The van der Waals surface area contributed by atoms with Gasteiger partial charge in [0.05, 0.1) is 6.10 Å². The van der Waals surface area contributed by atoms with E-state index < -0.39 is 0 Å². The molecule has 1 atom stereocenters. The van der Waals surface area contributed by atoms with Crippen molar-refractivity contribution in [2.75, 3.05) is 45.9 Å². The standard InChI is InChI=1S/C21H32N2O3/c1-16(2)20-7-6-18(13-17(20)3)26-15-21(24)23-10-8-22(9-11-23)14-19-5-4-12-25-19/h6-7,13,16,19H,4-5,8-12,14-15H2,1-3H3. The molecule has 0 aliphatic carbocycles. The number of carbonyl (C=O) groups excluding carboxylic acids is 1. The molecule has 0 spiro atoms. The van der Waals surface area contributed by atoms with Gasteiger partial charge in [-0.15, -0.1) is 0 Å². The summed E-state index contributed by atoms with van der Waals surface area (Å²) >= 11 is 0. The number of aryl methyl sites for hydroxylation is 1. The third kappa shape index (κ3) is 4.98. The lowest BCUT2D eigenvalue weighted by atomic mass is 9.98. The molecule has 1 amide bonds. The van der Waals surface area contributed by atoms with Gasteiger partial charge in [0.2, 0.25) is 0 Å². The minimum Gasteiger partial charge on any atom is -0.484 e. The molecule has 0 saturated carbocycles. The molecule has 0 N–H and O–H groups in total. The number of nitrogens with zero attached hydrogens (tertiary/aromatic N) is 2. The van der Waals surface area contributed by atoms with Crippen molar-refractivity contribution in [2.45, 2.75) is 45.6 Å². The second-order valence-corrected chi connectivity index (χ2v) is 7.78. The van der Waals surface area contributed by atoms with Crippen LogP contribution < -0.4 is 4.74 Å². The molecular weight excluding hydrogens is 328 g/mol. The van der Waals surface area contributed by atoms with Crippen molar-refractivity contribution < 1.29 is 14.3 Å². The highest BCUT2D eigenvalue weighted by molar-refractivity contribution is 5.77. The zero-order valence-corrected chi connectivity index (χ0v) is 16.4. The first-order valence-corrected chi connectivity index (χ1v) is 9.88. The Morgan fingerprint density at radius 2 is 2.04 bits per heavy atom. The molecular formula is C21H32N2O3. The quantitative estimate of drug-likeness (QED) is 0.782. The molecule has 0 bridgehead atoms. The van der Waals surface area contributed by atoms with Crippen molar-refractivity contribution in [1.29, 1.82) is 0 Å². The van der Waals surface area contributed by atoms with E-state index in [1.807, 2.05) is 17.0 Å².